The van der Waals surface area contributed by atoms with Gasteiger partial charge in [0.05, 0.1) is 45.9 Å². The third-order valence-corrected chi connectivity index (χ3v) is 11.6. The van der Waals surface area contributed by atoms with Crippen molar-refractivity contribution in [3.05, 3.63) is 59.7 Å². The van der Waals surface area contributed by atoms with Crippen LogP contribution in [0, 0.1) is 10.8 Å². The van der Waals surface area contributed by atoms with Crippen LogP contribution in [-0.4, -0.2) is 146 Å². The fraction of sp³-hybridized carbons (Fsp3) is 0.625. The van der Waals surface area contributed by atoms with Crippen LogP contribution in [0.2, 0.25) is 0 Å². The molecule has 0 aliphatic carbocycles. The molecule has 0 radical (unpaired) electrons. The monoisotopic (exact) mass is 910 g/mol. The summed E-state index contributed by atoms with van der Waals surface area (Å²) in [6.07, 6.45) is 2.99. The lowest BCUT2D eigenvalue weighted by atomic mass is 9.85. The summed E-state index contributed by atoms with van der Waals surface area (Å²) in [6.45, 7) is 13.2. The summed E-state index contributed by atoms with van der Waals surface area (Å²) in [5.74, 6) is -1.68. The minimum absolute atomic E-state index is 0.0118. The van der Waals surface area contributed by atoms with Crippen LogP contribution < -0.4 is 15.4 Å². The normalized spacial score (nSPS) is 22.3. The summed E-state index contributed by atoms with van der Waals surface area (Å²) in [5, 5.41) is 24.6. The predicted octanol–water partition coefficient (Wildman–Crippen LogP) is 3.49. The Hall–Kier alpha value is -5.26. The average Bonchev–Trinajstić information content (AvgIpc) is 3.89. The Morgan fingerprint density at radius 3 is 2.20 bits per heavy atom. The van der Waals surface area contributed by atoms with Crippen LogP contribution in [0.4, 0.5) is 0 Å². The van der Waals surface area contributed by atoms with Crippen molar-refractivity contribution in [1.82, 2.24) is 20.4 Å². The second-order valence-corrected chi connectivity index (χ2v) is 18.8. The quantitative estimate of drug-likeness (QED) is 0.188. The Bertz CT molecular complexity index is 1930. The van der Waals surface area contributed by atoms with Crippen LogP contribution in [0.25, 0.3) is 0 Å². The average molecular weight is 911 g/mol. The molecule has 4 N–H and O–H groups in total. The van der Waals surface area contributed by atoms with Crippen LogP contribution in [-0.2, 0) is 60.6 Å². The van der Waals surface area contributed by atoms with Gasteiger partial charge in [0.1, 0.15) is 35.7 Å². The van der Waals surface area contributed by atoms with E-state index in [0.717, 1.165) is 18.4 Å². The number of phenolic OH excluding ortho intramolecular Hbond substituents is 1. The van der Waals surface area contributed by atoms with Crippen molar-refractivity contribution >= 4 is 35.6 Å². The number of nitrogens with zero attached hydrogens (tertiary/aromatic N) is 2. The van der Waals surface area contributed by atoms with Crippen molar-refractivity contribution in [3.63, 3.8) is 0 Å². The van der Waals surface area contributed by atoms with E-state index >= 15 is 0 Å². The van der Waals surface area contributed by atoms with Crippen LogP contribution in [0.15, 0.2) is 48.5 Å². The highest BCUT2D eigenvalue weighted by Gasteiger charge is 2.47. The number of phenols is 1. The van der Waals surface area contributed by atoms with E-state index in [1.165, 1.54) is 30.1 Å². The molecule has 2 saturated heterocycles. The predicted molar refractivity (Wildman–Crippen MR) is 240 cm³/mol. The molecule has 65 heavy (non-hydrogen) atoms. The first-order valence-corrected chi connectivity index (χ1v) is 22.5. The number of esters is 2. The van der Waals surface area contributed by atoms with E-state index in [0.29, 0.717) is 63.4 Å². The zero-order chi connectivity index (χ0) is 47.9. The first-order chi connectivity index (χ1) is 30.8. The molecule has 3 aliphatic heterocycles. The van der Waals surface area contributed by atoms with E-state index in [-0.39, 0.29) is 61.7 Å². The number of unbranched alkanes of at least 4 members (excludes halogenated alkanes) is 1. The van der Waals surface area contributed by atoms with Crippen molar-refractivity contribution in [1.29, 1.82) is 0 Å². The molecular weight excluding hydrogens is 841 g/mol. The number of hydrogen-bond donors (Lipinski definition) is 4. The molecule has 2 bridgehead atoms. The van der Waals surface area contributed by atoms with Crippen molar-refractivity contribution < 1.29 is 62.7 Å². The van der Waals surface area contributed by atoms with Gasteiger partial charge in [-0.25, -0.2) is 9.59 Å². The molecule has 5 rings (SSSR count). The van der Waals surface area contributed by atoms with E-state index in [4.69, 9.17) is 28.8 Å². The van der Waals surface area contributed by atoms with E-state index in [1.807, 2.05) is 65.8 Å². The number of aliphatic hydroxyl groups excluding tert-OH is 1. The molecule has 17 nitrogen and oxygen atoms in total. The van der Waals surface area contributed by atoms with Crippen molar-refractivity contribution in [2.45, 2.75) is 129 Å². The van der Waals surface area contributed by atoms with Crippen LogP contribution in [0.3, 0.4) is 0 Å². The fourth-order valence-corrected chi connectivity index (χ4v) is 7.99. The molecule has 2 aromatic rings. The zero-order valence-electron chi connectivity index (χ0n) is 39.3. The molecule has 3 heterocycles. The van der Waals surface area contributed by atoms with E-state index in [9.17, 15) is 33.9 Å². The van der Waals surface area contributed by atoms with Crippen LogP contribution >= 0.6 is 0 Å². The van der Waals surface area contributed by atoms with Crippen molar-refractivity contribution in [2.75, 3.05) is 53.7 Å². The Labute approximate surface area is 382 Å². The van der Waals surface area contributed by atoms with Crippen LogP contribution in [0.1, 0.15) is 91.2 Å². The molecular formula is C48H70N4O13. The number of aliphatic hydroxyl groups is 1. The smallest absolute Gasteiger partial charge is 0.328 e. The Morgan fingerprint density at radius 2 is 1.54 bits per heavy atom. The van der Waals surface area contributed by atoms with Gasteiger partial charge in [0.2, 0.25) is 23.6 Å². The standard InChI is InChI=1S/C24H36N2O7.C24H34N2O6/c1-24(2,3)21(25-20(29)13-16-9-5-6-10-19(16)28)22(30)26-15-17(33-12-8-7-11-27)14-18(26)23(31)32-4;1-24(2,3)21-22(28)26-15-17(14-18(26)23(29)30-4)31-11-7-8-12-32-19-10-6-5-9-16(19)13-20(27)25-21/h5-6,9-10,17-18,21,27-28H,7-8,11-15H2,1-4H3,(H,25,29);5-6,9-10,17-18,21H,7-8,11-15H2,1-4H3,(H,25,27)/t2*17-,18+,21-/m11/s1. The van der Waals surface area contributed by atoms with Gasteiger partial charge in [-0.15, -0.1) is 0 Å². The van der Waals surface area contributed by atoms with Crippen molar-refractivity contribution in [2.24, 2.45) is 10.8 Å². The SMILES string of the molecule is COC(=O)[C@@H]1C[C@@H](OCCCCO)CN1C(=O)[C@@H](NC(=O)Cc1ccccc1O)C(C)(C)C.COC(=O)[C@@H]1C[C@@H]2CN1C(=O)[C@H](C(C)(C)C)NC(=O)Cc1ccccc1OCCCCO2. The maximum absolute atomic E-state index is 13.6. The molecule has 3 aliphatic rings. The van der Waals surface area contributed by atoms with Gasteiger partial charge in [-0.1, -0.05) is 77.9 Å². The second-order valence-electron chi connectivity index (χ2n) is 18.8. The Kier molecular flexibility index (Phi) is 19.6. The molecule has 0 spiro atoms. The van der Waals surface area contributed by atoms with Crippen LogP contribution in [0.5, 0.6) is 11.5 Å². The highest BCUT2D eigenvalue weighted by Crippen LogP contribution is 2.30. The minimum Gasteiger partial charge on any atom is -0.508 e. The van der Waals surface area contributed by atoms with Gasteiger partial charge in [0.15, 0.2) is 0 Å². The minimum atomic E-state index is -0.892. The molecule has 6 atom stereocenters. The number of hydrogen-bond acceptors (Lipinski definition) is 13. The van der Waals surface area contributed by atoms with Gasteiger partial charge in [-0.3, -0.25) is 19.2 Å². The first-order valence-electron chi connectivity index (χ1n) is 22.5. The number of amides is 4. The maximum atomic E-state index is 13.6. The number of carbonyl (C=O) groups excluding carboxylic acids is 6. The Balaban J connectivity index is 0.000000285. The molecule has 4 amide bonds. The maximum Gasteiger partial charge on any atom is 0.328 e. The summed E-state index contributed by atoms with van der Waals surface area (Å²) in [4.78, 5) is 80.6. The number of rotatable bonds is 11. The van der Waals surface area contributed by atoms with Crippen molar-refractivity contribution in [3.8, 4) is 11.5 Å². The van der Waals surface area contributed by atoms with Gasteiger partial charge in [0.25, 0.3) is 0 Å². The molecule has 0 saturated carbocycles. The lowest BCUT2D eigenvalue weighted by Crippen LogP contribution is -2.57. The topological polar surface area (TPSA) is 220 Å². The van der Waals surface area contributed by atoms with E-state index < -0.39 is 52.8 Å². The number of para-hydroxylation sites is 2. The number of benzene rings is 2. The van der Waals surface area contributed by atoms with E-state index in [2.05, 4.69) is 10.6 Å². The number of methoxy groups -OCH3 is 2. The molecule has 17 heteroatoms. The first kappa shape index (κ1) is 52.4. The third kappa shape index (κ3) is 15.1. The molecule has 0 aromatic heterocycles. The van der Waals surface area contributed by atoms with Gasteiger partial charge in [-0.05, 0) is 48.6 Å². The lowest BCUT2D eigenvalue weighted by molar-refractivity contribution is -0.153. The van der Waals surface area contributed by atoms with Gasteiger partial charge in [-0.2, -0.15) is 0 Å². The number of ether oxygens (including phenoxy) is 5. The zero-order valence-corrected chi connectivity index (χ0v) is 39.3. The van der Waals surface area contributed by atoms with E-state index in [1.54, 1.807) is 18.2 Å². The summed E-state index contributed by atoms with van der Waals surface area (Å²) < 4.78 is 27.6. The highest BCUT2D eigenvalue weighted by atomic mass is 16.5. The van der Waals surface area contributed by atoms with Gasteiger partial charge >= 0.3 is 11.9 Å². The number of fused-ring (bicyclic) bond motifs is 3. The molecule has 2 aromatic carbocycles. The summed E-state index contributed by atoms with van der Waals surface area (Å²) in [6, 6.07) is 10.8. The summed E-state index contributed by atoms with van der Waals surface area (Å²) in [7, 11) is 2.59. The number of aromatic hydroxyl groups is 1. The number of likely N-dealkylation sites (tertiary alicyclic amines) is 1. The highest BCUT2D eigenvalue weighted by molar-refractivity contribution is 5.93. The molecule has 360 valence electrons. The Morgan fingerprint density at radius 1 is 0.877 bits per heavy atom. The summed E-state index contributed by atoms with van der Waals surface area (Å²) >= 11 is 0. The van der Waals surface area contributed by atoms with Gasteiger partial charge in [0, 0.05) is 56.9 Å². The largest absolute Gasteiger partial charge is 0.508 e. The fourth-order valence-electron chi connectivity index (χ4n) is 7.99. The second kappa shape index (κ2) is 24.3. The molecule has 0 unspecified atom stereocenters. The van der Waals surface area contributed by atoms with Gasteiger partial charge < -0.3 is 54.3 Å². The number of nitrogens with one attached hydrogen (secondary N) is 2. The lowest BCUT2D eigenvalue weighted by Gasteiger charge is -2.35. The third-order valence-electron chi connectivity index (χ3n) is 11.6. The molecule has 2 fully saturated rings. The number of carbonyl (C=O) groups is 6. The summed E-state index contributed by atoms with van der Waals surface area (Å²) in [5.41, 5.74) is 0.0298.